The molecular formula is C24H12O2S. The van der Waals surface area contributed by atoms with Crippen molar-refractivity contribution in [1.82, 2.24) is 0 Å². The molecule has 1 aromatic heterocycles. The Morgan fingerprint density at radius 3 is 2.26 bits per heavy atom. The maximum atomic E-state index is 6.36. The van der Waals surface area contributed by atoms with Crippen LogP contribution in [0.4, 0.5) is 0 Å². The van der Waals surface area contributed by atoms with Gasteiger partial charge in [0.15, 0.2) is 5.06 Å². The monoisotopic (exact) mass is 364 g/mol. The molecule has 5 aromatic rings. The van der Waals surface area contributed by atoms with Gasteiger partial charge in [0.2, 0.25) is 0 Å². The minimum absolute atomic E-state index is 0.899. The highest BCUT2D eigenvalue weighted by Crippen LogP contribution is 2.57. The first-order chi connectivity index (χ1) is 13.4. The minimum atomic E-state index is 0.899. The third-order valence-electron chi connectivity index (χ3n) is 5.52. The summed E-state index contributed by atoms with van der Waals surface area (Å²) >= 11 is 1.71. The average Bonchev–Trinajstić information content (AvgIpc) is 3.09. The molecule has 0 radical (unpaired) electrons. The lowest BCUT2D eigenvalue weighted by molar-refractivity contribution is 0.484. The molecule has 0 spiro atoms. The van der Waals surface area contributed by atoms with Gasteiger partial charge >= 0.3 is 0 Å². The van der Waals surface area contributed by atoms with Crippen molar-refractivity contribution in [3.63, 3.8) is 0 Å². The summed E-state index contributed by atoms with van der Waals surface area (Å²) in [5.74, 6) is 2.72. The molecule has 7 rings (SSSR count). The summed E-state index contributed by atoms with van der Waals surface area (Å²) in [5.41, 5.74) is 4.77. The molecule has 2 aliphatic heterocycles. The second-order valence-electron chi connectivity index (χ2n) is 6.93. The number of para-hydroxylation sites is 1. The summed E-state index contributed by atoms with van der Waals surface area (Å²) in [4.78, 5) is 0. The molecule has 0 atom stereocenters. The van der Waals surface area contributed by atoms with Gasteiger partial charge < -0.3 is 9.47 Å². The molecule has 0 N–H and O–H groups in total. The molecule has 0 bridgehead atoms. The Balaban J connectivity index is 1.66. The van der Waals surface area contributed by atoms with E-state index in [1.54, 1.807) is 11.3 Å². The van der Waals surface area contributed by atoms with Crippen molar-refractivity contribution in [2.45, 2.75) is 0 Å². The van der Waals surface area contributed by atoms with Crippen LogP contribution in [0.1, 0.15) is 0 Å². The fourth-order valence-electron chi connectivity index (χ4n) is 4.38. The third kappa shape index (κ3) is 1.65. The van der Waals surface area contributed by atoms with E-state index in [-0.39, 0.29) is 0 Å². The molecule has 0 amide bonds. The fraction of sp³-hybridized carbons (Fsp3) is 0. The zero-order valence-electron chi connectivity index (χ0n) is 14.2. The highest BCUT2D eigenvalue weighted by Gasteiger charge is 2.29. The fourth-order valence-corrected chi connectivity index (χ4v) is 5.46. The number of hydrogen-bond donors (Lipinski definition) is 0. The Kier molecular flexibility index (Phi) is 2.41. The Hall–Kier alpha value is -3.30. The molecule has 0 saturated heterocycles. The summed E-state index contributed by atoms with van der Waals surface area (Å²) in [6.07, 6.45) is 0. The van der Waals surface area contributed by atoms with Gasteiger partial charge in [0.25, 0.3) is 0 Å². The van der Waals surface area contributed by atoms with Crippen molar-refractivity contribution in [2.75, 3.05) is 0 Å². The van der Waals surface area contributed by atoms with E-state index in [4.69, 9.17) is 9.47 Å². The van der Waals surface area contributed by atoms with Gasteiger partial charge in [-0.25, -0.2) is 0 Å². The Morgan fingerprint density at radius 1 is 0.556 bits per heavy atom. The number of fused-ring (bicyclic) bond motifs is 6. The maximum Gasteiger partial charge on any atom is 0.190 e. The first-order valence-electron chi connectivity index (χ1n) is 8.95. The van der Waals surface area contributed by atoms with Crippen LogP contribution in [-0.4, -0.2) is 0 Å². The van der Waals surface area contributed by atoms with E-state index in [9.17, 15) is 0 Å². The molecular weight excluding hydrogens is 352 g/mol. The van der Waals surface area contributed by atoms with Crippen molar-refractivity contribution < 1.29 is 9.47 Å². The Bertz CT molecular complexity index is 1430. The molecule has 0 saturated carbocycles. The Labute approximate surface area is 159 Å². The second kappa shape index (κ2) is 4.70. The standard InChI is InChI=1S/C24H12O2S/c1-3-7-17-13(5-1)14-9-11-19-23-16(10-12-18(25-17)22(14)23)21-15-6-2-4-8-20(15)27-24(21)26-19/h1-12H. The van der Waals surface area contributed by atoms with E-state index in [0.717, 1.165) is 38.6 Å². The number of rotatable bonds is 0. The van der Waals surface area contributed by atoms with Crippen LogP contribution in [0, 0.1) is 0 Å². The summed E-state index contributed by atoms with van der Waals surface area (Å²) in [6.45, 7) is 0. The molecule has 0 unspecified atom stereocenters. The van der Waals surface area contributed by atoms with Crippen molar-refractivity contribution in [2.24, 2.45) is 0 Å². The Morgan fingerprint density at radius 2 is 1.30 bits per heavy atom. The normalized spacial score (nSPS) is 13.0. The van der Waals surface area contributed by atoms with E-state index >= 15 is 0 Å². The van der Waals surface area contributed by atoms with Gasteiger partial charge in [-0.2, -0.15) is 0 Å². The predicted molar refractivity (Wildman–Crippen MR) is 110 cm³/mol. The first kappa shape index (κ1) is 13.8. The second-order valence-corrected chi connectivity index (χ2v) is 7.95. The molecule has 0 fully saturated rings. The highest BCUT2D eigenvalue weighted by molar-refractivity contribution is 7.21. The van der Waals surface area contributed by atoms with Crippen LogP contribution >= 0.6 is 11.3 Å². The van der Waals surface area contributed by atoms with Crippen molar-refractivity contribution in [1.29, 1.82) is 0 Å². The van der Waals surface area contributed by atoms with Gasteiger partial charge in [0.05, 0.1) is 0 Å². The average molecular weight is 364 g/mol. The summed E-state index contributed by atoms with van der Waals surface area (Å²) in [6, 6.07) is 25.3. The molecule has 2 nitrogen and oxygen atoms in total. The van der Waals surface area contributed by atoms with Gasteiger partial charge in [-0.1, -0.05) is 47.7 Å². The predicted octanol–water partition coefficient (Wildman–Crippen LogP) is 7.60. The van der Waals surface area contributed by atoms with Crippen LogP contribution in [0.5, 0.6) is 22.3 Å². The number of thiophene rings is 1. The summed E-state index contributed by atoms with van der Waals surface area (Å²) < 4.78 is 13.8. The van der Waals surface area contributed by atoms with Crippen LogP contribution in [0.3, 0.4) is 0 Å². The zero-order valence-corrected chi connectivity index (χ0v) is 15.0. The number of benzene rings is 4. The van der Waals surface area contributed by atoms with Crippen LogP contribution in [0.2, 0.25) is 0 Å². The molecule has 3 heterocycles. The smallest absolute Gasteiger partial charge is 0.190 e. The van der Waals surface area contributed by atoms with E-state index in [1.807, 2.05) is 12.1 Å². The van der Waals surface area contributed by atoms with Crippen LogP contribution in [0.25, 0.3) is 43.1 Å². The van der Waals surface area contributed by atoms with Gasteiger partial charge in [-0.05, 0) is 47.5 Å². The lowest BCUT2D eigenvalue weighted by atomic mass is 9.89. The van der Waals surface area contributed by atoms with E-state index in [2.05, 4.69) is 60.7 Å². The molecule has 4 aromatic carbocycles. The van der Waals surface area contributed by atoms with Crippen LogP contribution in [-0.2, 0) is 0 Å². The van der Waals surface area contributed by atoms with Crippen molar-refractivity contribution in [3.8, 4) is 44.6 Å². The van der Waals surface area contributed by atoms with Gasteiger partial charge in [0.1, 0.15) is 17.2 Å². The molecule has 2 aliphatic rings. The van der Waals surface area contributed by atoms with Gasteiger partial charge in [-0.15, -0.1) is 0 Å². The van der Waals surface area contributed by atoms with Gasteiger partial charge in [-0.3, -0.25) is 0 Å². The van der Waals surface area contributed by atoms with E-state index < -0.39 is 0 Å². The molecule has 3 heteroatoms. The lowest BCUT2D eigenvalue weighted by Gasteiger charge is -2.26. The van der Waals surface area contributed by atoms with E-state index in [1.165, 1.54) is 26.8 Å². The maximum absolute atomic E-state index is 6.36. The zero-order chi connectivity index (χ0) is 17.5. The number of hydrogen-bond acceptors (Lipinski definition) is 3. The molecule has 27 heavy (non-hydrogen) atoms. The molecule has 0 aliphatic carbocycles. The summed E-state index contributed by atoms with van der Waals surface area (Å²) in [5, 5.41) is 4.52. The van der Waals surface area contributed by atoms with Crippen LogP contribution < -0.4 is 9.47 Å². The lowest BCUT2D eigenvalue weighted by Crippen LogP contribution is -2.01. The van der Waals surface area contributed by atoms with E-state index in [0.29, 0.717) is 0 Å². The van der Waals surface area contributed by atoms with Crippen molar-refractivity contribution in [3.05, 3.63) is 72.8 Å². The van der Waals surface area contributed by atoms with Gasteiger partial charge in [0, 0.05) is 32.0 Å². The highest BCUT2D eigenvalue weighted by atomic mass is 32.1. The first-order valence-corrected chi connectivity index (χ1v) is 9.77. The topological polar surface area (TPSA) is 18.5 Å². The largest absolute Gasteiger partial charge is 0.456 e. The quantitative estimate of drug-likeness (QED) is 0.276. The molecule has 126 valence electrons. The SMILES string of the molecule is c1ccc2c(c1)Oc1ccc3c4c(ccc-2c14)Oc1sc2ccccc2c1-3. The number of ether oxygens (including phenoxy) is 2. The summed E-state index contributed by atoms with van der Waals surface area (Å²) in [7, 11) is 0. The van der Waals surface area contributed by atoms with Crippen LogP contribution in [0.15, 0.2) is 72.8 Å². The minimum Gasteiger partial charge on any atom is -0.456 e. The van der Waals surface area contributed by atoms with Crippen molar-refractivity contribution >= 4 is 32.2 Å². The third-order valence-corrected chi connectivity index (χ3v) is 6.57.